The predicted molar refractivity (Wildman–Crippen MR) is 71.3 cm³/mol. The second kappa shape index (κ2) is 4.99. The summed E-state index contributed by atoms with van der Waals surface area (Å²) in [4.78, 5) is 2.58. The lowest BCUT2D eigenvalue weighted by Gasteiger charge is -2.27. The van der Waals surface area contributed by atoms with Crippen LogP contribution in [0, 0.1) is 6.92 Å². The Labute approximate surface area is 109 Å². The number of hydrogen-bond donors (Lipinski definition) is 0. The van der Waals surface area contributed by atoms with Gasteiger partial charge in [0.25, 0.3) is 0 Å². The van der Waals surface area contributed by atoms with Gasteiger partial charge in [0.1, 0.15) is 5.15 Å². The molecule has 2 atom stereocenters. The molecule has 1 aliphatic heterocycles. The minimum Gasteiger partial charge on any atom is -0.293 e. The van der Waals surface area contributed by atoms with Gasteiger partial charge >= 0.3 is 0 Å². The zero-order valence-electron chi connectivity index (χ0n) is 11.2. The van der Waals surface area contributed by atoms with Crippen molar-refractivity contribution in [2.24, 2.45) is 7.05 Å². The topological polar surface area (TPSA) is 21.1 Å². The molecule has 2 heterocycles. The van der Waals surface area contributed by atoms with Crippen LogP contribution in [0.4, 0.5) is 0 Å². The first-order chi connectivity index (χ1) is 8.04. The van der Waals surface area contributed by atoms with Crippen LogP contribution in [0.1, 0.15) is 44.4 Å². The Bertz CT molecular complexity index is 400. The summed E-state index contributed by atoms with van der Waals surface area (Å²) in [6.07, 6.45) is 3.84. The molecule has 1 aromatic heterocycles. The van der Waals surface area contributed by atoms with Gasteiger partial charge in [-0.25, -0.2) is 0 Å². The summed E-state index contributed by atoms with van der Waals surface area (Å²) >= 11 is 6.30. The second-order valence-electron chi connectivity index (χ2n) is 5.14. The maximum atomic E-state index is 6.30. The Morgan fingerprint density at radius 3 is 2.65 bits per heavy atom. The van der Waals surface area contributed by atoms with Gasteiger partial charge in [0.2, 0.25) is 0 Å². The number of likely N-dealkylation sites (tertiary alicyclic amines) is 1. The summed E-state index contributed by atoms with van der Waals surface area (Å²) in [6.45, 7) is 7.57. The molecule has 1 aliphatic rings. The molecule has 17 heavy (non-hydrogen) atoms. The lowest BCUT2D eigenvalue weighted by molar-refractivity contribution is 0.189. The molecule has 0 bridgehead atoms. The van der Waals surface area contributed by atoms with E-state index in [1.165, 1.54) is 24.8 Å². The summed E-state index contributed by atoms with van der Waals surface area (Å²) in [6, 6.07) is 1.37. The Balaban J connectivity index is 2.19. The molecule has 0 spiro atoms. The van der Waals surface area contributed by atoms with Gasteiger partial charge in [-0.3, -0.25) is 9.58 Å². The summed E-state index contributed by atoms with van der Waals surface area (Å²) in [7, 11) is 1.91. The van der Waals surface area contributed by atoms with Gasteiger partial charge in [-0.05, 0) is 33.1 Å². The van der Waals surface area contributed by atoms with Gasteiger partial charge in [0, 0.05) is 31.2 Å². The molecule has 0 aliphatic carbocycles. The molecule has 1 fully saturated rings. The highest BCUT2D eigenvalue weighted by Gasteiger charge is 2.30. The minimum atomic E-state index is 0.663. The molecule has 0 saturated carbocycles. The maximum Gasteiger partial charge on any atom is 0.131 e. The van der Waals surface area contributed by atoms with E-state index in [2.05, 4.69) is 23.8 Å². The lowest BCUT2D eigenvalue weighted by Crippen LogP contribution is -2.33. The van der Waals surface area contributed by atoms with E-state index < -0.39 is 0 Å². The van der Waals surface area contributed by atoms with E-state index in [9.17, 15) is 0 Å². The first kappa shape index (κ1) is 12.9. The van der Waals surface area contributed by atoms with E-state index in [0.29, 0.717) is 12.1 Å². The van der Waals surface area contributed by atoms with E-state index in [-0.39, 0.29) is 0 Å². The molecule has 1 aromatic rings. The molecule has 0 amide bonds. The average Bonchev–Trinajstić information content (AvgIpc) is 2.75. The quantitative estimate of drug-likeness (QED) is 0.827. The fourth-order valence-electron chi connectivity index (χ4n) is 2.88. The van der Waals surface area contributed by atoms with Gasteiger partial charge in [-0.15, -0.1) is 0 Å². The van der Waals surface area contributed by atoms with Crippen LogP contribution in [0.2, 0.25) is 5.15 Å². The smallest absolute Gasteiger partial charge is 0.131 e. The number of nitrogens with zero attached hydrogens (tertiary/aromatic N) is 3. The fourth-order valence-corrected chi connectivity index (χ4v) is 3.12. The molecule has 2 rings (SSSR count). The first-order valence-electron chi connectivity index (χ1n) is 6.48. The second-order valence-corrected chi connectivity index (χ2v) is 5.50. The van der Waals surface area contributed by atoms with Crippen molar-refractivity contribution in [2.75, 3.05) is 0 Å². The average molecular weight is 256 g/mol. The van der Waals surface area contributed by atoms with Crippen molar-refractivity contribution in [1.82, 2.24) is 14.7 Å². The monoisotopic (exact) mass is 255 g/mol. The van der Waals surface area contributed by atoms with Gasteiger partial charge in [-0.1, -0.05) is 18.5 Å². The molecular formula is C13H22ClN3. The van der Waals surface area contributed by atoms with Gasteiger partial charge in [-0.2, -0.15) is 5.10 Å². The SMILES string of the molecule is CCC1CCC(C)N1Cc1c(C)nn(C)c1Cl. The molecular weight excluding hydrogens is 234 g/mol. The zero-order chi connectivity index (χ0) is 12.6. The third kappa shape index (κ3) is 2.36. The summed E-state index contributed by atoms with van der Waals surface area (Å²) in [5.41, 5.74) is 2.26. The lowest BCUT2D eigenvalue weighted by atomic mass is 10.1. The molecule has 96 valence electrons. The van der Waals surface area contributed by atoms with Gasteiger partial charge in [0.05, 0.1) is 5.69 Å². The van der Waals surface area contributed by atoms with Gasteiger partial charge in [0.15, 0.2) is 0 Å². The van der Waals surface area contributed by atoms with E-state index in [1.807, 2.05) is 14.0 Å². The van der Waals surface area contributed by atoms with E-state index in [1.54, 1.807) is 4.68 Å². The number of rotatable bonds is 3. The Morgan fingerprint density at radius 2 is 2.12 bits per heavy atom. The predicted octanol–water partition coefficient (Wildman–Crippen LogP) is 3.14. The number of aromatic nitrogens is 2. The minimum absolute atomic E-state index is 0.663. The highest BCUT2D eigenvalue weighted by atomic mass is 35.5. The normalized spacial score (nSPS) is 25.7. The highest BCUT2D eigenvalue weighted by molar-refractivity contribution is 6.30. The first-order valence-corrected chi connectivity index (χ1v) is 6.86. The van der Waals surface area contributed by atoms with E-state index in [4.69, 9.17) is 11.6 Å². The van der Waals surface area contributed by atoms with Crippen LogP contribution in [-0.4, -0.2) is 26.8 Å². The molecule has 2 unspecified atom stereocenters. The largest absolute Gasteiger partial charge is 0.293 e. The van der Waals surface area contributed by atoms with Crippen molar-refractivity contribution >= 4 is 11.6 Å². The van der Waals surface area contributed by atoms with Crippen molar-refractivity contribution in [1.29, 1.82) is 0 Å². The molecule has 4 heteroatoms. The summed E-state index contributed by atoms with van der Waals surface area (Å²) in [5.74, 6) is 0. The maximum absolute atomic E-state index is 6.30. The molecule has 0 N–H and O–H groups in total. The third-order valence-corrected chi connectivity index (χ3v) is 4.51. The van der Waals surface area contributed by atoms with E-state index >= 15 is 0 Å². The molecule has 0 radical (unpaired) electrons. The van der Waals surface area contributed by atoms with Crippen molar-refractivity contribution in [2.45, 2.75) is 58.7 Å². The van der Waals surface area contributed by atoms with Crippen LogP contribution >= 0.6 is 11.6 Å². The zero-order valence-corrected chi connectivity index (χ0v) is 12.0. The van der Waals surface area contributed by atoms with Crippen LogP contribution in [0.25, 0.3) is 0 Å². The Hall–Kier alpha value is -0.540. The van der Waals surface area contributed by atoms with Crippen LogP contribution in [0.15, 0.2) is 0 Å². The van der Waals surface area contributed by atoms with Crippen molar-refractivity contribution < 1.29 is 0 Å². The number of hydrogen-bond acceptors (Lipinski definition) is 2. The fraction of sp³-hybridized carbons (Fsp3) is 0.769. The van der Waals surface area contributed by atoms with Crippen molar-refractivity contribution in [3.05, 3.63) is 16.4 Å². The molecule has 3 nitrogen and oxygen atoms in total. The number of aryl methyl sites for hydroxylation is 2. The molecule has 0 aromatic carbocycles. The number of halogens is 1. The standard InChI is InChI=1S/C13H22ClN3/c1-5-11-7-6-9(2)17(11)8-12-10(3)15-16(4)13(12)14/h9,11H,5-8H2,1-4H3. The van der Waals surface area contributed by atoms with Crippen LogP contribution in [0.5, 0.6) is 0 Å². The van der Waals surface area contributed by atoms with Crippen molar-refractivity contribution in [3.8, 4) is 0 Å². The highest BCUT2D eigenvalue weighted by Crippen LogP contribution is 2.30. The van der Waals surface area contributed by atoms with Crippen LogP contribution in [0.3, 0.4) is 0 Å². The van der Waals surface area contributed by atoms with E-state index in [0.717, 1.165) is 17.4 Å². The van der Waals surface area contributed by atoms with Crippen molar-refractivity contribution in [3.63, 3.8) is 0 Å². The van der Waals surface area contributed by atoms with Crippen LogP contribution in [-0.2, 0) is 13.6 Å². The summed E-state index contributed by atoms with van der Waals surface area (Å²) < 4.78 is 1.77. The van der Waals surface area contributed by atoms with Gasteiger partial charge < -0.3 is 0 Å². The third-order valence-electron chi connectivity index (χ3n) is 4.03. The Morgan fingerprint density at radius 1 is 1.41 bits per heavy atom. The summed E-state index contributed by atoms with van der Waals surface area (Å²) in [5, 5.41) is 5.18. The Kier molecular flexibility index (Phi) is 3.79. The molecule has 1 saturated heterocycles. The van der Waals surface area contributed by atoms with Crippen LogP contribution < -0.4 is 0 Å².